The molecule has 0 amide bonds. The van der Waals surface area contributed by atoms with Crippen molar-refractivity contribution in [1.82, 2.24) is 4.98 Å². The second-order valence-electron chi connectivity index (χ2n) is 4.74. The van der Waals surface area contributed by atoms with Crippen LogP contribution in [0.3, 0.4) is 0 Å². The predicted octanol–water partition coefficient (Wildman–Crippen LogP) is 3.66. The molecule has 0 radical (unpaired) electrons. The van der Waals surface area contributed by atoms with Crippen LogP contribution in [-0.4, -0.2) is 22.1 Å². The summed E-state index contributed by atoms with van der Waals surface area (Å²) in [5, 5.41) is 11.4. The fraction of sp³-hybridized carbons (Fsp3) is 0.286. The van der Waals surface area contributed by atoms with E-state index in [9.17, 15) is 4.79 Å². The van der Waals surface area contributed by atoms with Gasteiger partial charge in [0.1, 0.15) is 5.82 Å². The maximum Gasteiger partial charge on any atom is 0.337 e. The monoisotopic (exact) mass is 308 g/mol. The minimum absolute atomic E-state index is 0.105. The zero-order valence-corrected chi connectivity index (χ0v) is 12.2. The van der Waals surface area contributed by atoms with E-state index in [4.69, 9.17) is 16.7 Å². The first kappa shape index (κ1) is 13.4. The van der Waals surface area contributed by atoms with Crippen molar-refractivity contribution in [2.45, 2.75) is 25.4 Å². The van der Waals surface area contributed by atoms with Gasteiger partial charge < -0.3 is 10.0 Å². The number of carboxylic acids is 1. The van der Waals surface area contributed by atoms with E-state index in [1.807, 2.05) is 11.4 Å². The minimum Gasteiger partial charge on any atom is -0.478 e. The largest absolute Gasteiger partial charge is 0.478 e. The highest BCUT2D eigenvalue weighted by Gasteiger charge is 2.32. The Morgan fingerprint density at radius 3 is 2.90 bits per heavy atom. The summed E-state index contributed by atoms with van der Waals surface area (Å²) in [5.74, 6) is -0.451. The van der Waals surface area contributed by atoms with Crippen LogP contribution >= 0.6 is 22.9 Å². The van der Waals surface area contributed by atoms with Crippen molar-refractivity contribution >= 4 is 34.7 Å². The Morgan fingerprint density at radius 1 is 1.50 bits per heavy atom. The number of halogens is 1. The van der Waals surface area contributed by atoms with Crippen LogP contribution in [0.25, 0.3) is 0 Å². The first-order valence-electron chi connectivity index (χ1n) is 6.33. The van der Waals surface area contributed by atoms with Gasteiger partial charge in [0, 0.05) is 17.1 Å². The molecule has 6 heteroatoms. The molecule has 1 N–H and O–H groups in total. The van der Waals surface area contributed by atoms with Crippen LogP contribution in [0.1, 0.15) is 28.1 Å². The van der Waals surface area contributed by atoms with Gasteiger partial charge >= 0.3 is 5.97 Å². The Hall–Kier alpha value is -1.59. The van der Waals surface area contributed by atoms with E-state index in [1.165, 1.54) is 17.1 Å². The zero-order valence-electron chi connectivity index (χ0n) is 10.6. The molecule has 0 unspecified atom stereocenters. The number of nitrogens with zero attached hydrogens (tertiary/aromatic N) is 2. The average Bonchev–Trinajstić information content (AvgIpc) is 3.14. The molecule has 0 aromatic carbocycles. The molecule has 2 aromatic rings. The molecule has 1 aliphatic rings. The smallest absolute Gasteiger partial charge is 0.337 e. The molecule has 3 rings (SSSR count). The third kappa shape index (κ3) is 2.64. The highest BCUT2D eigenvalue weighted by molar-refractivity contribution is 7.09. The highest BCUT2D eigenvalue weighted by atomic mass is 35.5. The molecule has 1 aliphatic carbocycles. The molecular weight excluding hydrogens is 296 g/mol. The number of pyridine rings is 1. The number of anilines is 1. The Balaban J connectivity index is 1.95. The number of rotatable bonds is 5. The molecule has 0 atom stereocenters. The molecule has 0 saturated heterocycles. The van der Waals surface area contributed by atoms with Crippen molar-refractivity contribution in [3.63, 3.8) is 0 Å². The van der Waals surface area contributed by atoms with Gasteiger partial charge in [-0.1, -0.05) is 17.7 Å². The summed E-state index contributed by atoms with van der Waals surface area (Å²) in [6, 6.07) is 5.92. The molecule has 0 bridgehead atoms. The van der Waals surface area contributed by atoms with Gasteiger partial charge in [-0.25, -0.2) is 9.78 Å². The molecule has 20 heavy (non-hydrogen) atoms. The van der Waals surface area contributed by atoms with E-state index in [-0.39, 0.29) is 10.6 Å². The lowest BCUT2D eigenvalue weighted by Crippen LogP contribution is -2.26. The van der Waals surface area contributed by atoms with E-state index in [2.05, 4.69) is 16.0 Å². The highest BCUT2D eigenvalue weighted by Crippen LogP contribution is 2.37. The van der Waals surface area contributed by atoms with Crippen molar-refractivity contribution in [3.05, 3.63) is 45.2 Å². The number of aromatic carboxylic acids is 1. The topological polar surface area (TPSA) is 53.4 Å². The molecular formula is C14H13ClN2O2S. The van der Waals surface area contributed by atoms with Crippen LogP contribution in [0.5, 0.6) is 0 Å². The van der Waals surface area contributed by atoms with Gasteiger partial charge in [-0.2, -0.15) is 0 Å². The van der Waals surface area contributed by atoms with Gasteiger partial charge in [-0.3, -0.25) is 0 Å². The first-order valence-corrected chi connectivity index (χ1v) is 7.59. The standard InChI is InChI=1S/C14H13ClN2O2S/c15-12-11(14(18)19)5-6-16-13(12)17(9-3-4-9)8-10-2-1-7-20-10/h1-2,5-7,9H,3-4,8H2,(H,18,19). The van der Waals surface area contributed by atoms with Crippen LogP contribution < -0.4 is 4.90 Å². The molecule has 104 valence electrons. The van der Waals surface area contributed by atoms with Crippen LogP contribution in [0.4, 0.5) is 5.82 Å². The van der Waals surface area contributed by atoms with Crippen molar-refractivity contribution in [3.8, 4) is 0 Å². The van der Waals surface area contributed by atoms with E-state index in [0.29, 0.717) is 11.9 Å². The van der Waals surface area contributed by atoms with Crippen molar-refractivity contribution in [1.29, 1.82) is 0 Å². The number of aromatic nitrogens is 1. The number of hydrogen-bond acceptors (Lipinski definition) is 4. The van der Waals surface area contributed by atoms with E-state index < -0.39 is 5.97 Å². The lowest BCUT2D eigenvalue weighted by atomic mass is 10.2. The summed E-state index contributed by atoms with van der Waals surface area (Å²) < 4.78 is 0. The summed E-state index contributed by atoms with van der Waals surface area (Å²) in [6.07, 6.45) is 3.70. The van der Waals surface area contributed by atoms with Crippen LogP contribution in [-0.2, 0) is 6.54 Å². The van der Waals surface area contributed by atoms with Gasteiger partial charge in [0.05, 0.1) is 17.1 Å². The molecule has 2 aromatic heterocycles. The van der Waals surface area contributed by atoms with E-state index >= 15 is 0 Å². The third-order valence-electron chi connectivity index (χ3n) is 3.27. The van der Waals surface area contributed by atoms with Gasteiger partial charge in [-0.15, -0.1) is 11.3 Å². The van der Waals surface area contributed by atoms with Crippen LogP contribution in [0, 0.1) is 0 Å². The molecule has 0 spiro atoms. The Bertz CT molecular complexity index is 626. The quantitative estimate of drug-likeness (QED) is 0.915. The van der Waals surface area contributed by atoms with Crippen molar-refractivity contribution in [2.75, 3.05) is 4.90 Å². The number of thiophene rings is 1. The minimum atomic E-state index is -1.02. The zero-order chi connectivity index (χ0) is 14.1. The molecule has 1 saturated carbocycles. The summed E-state index contributed by atoms with van der Waals surface area (Å²) in [7, 11) is 0. The maximum atomic E-state index is 11.2. The Kier molecular flexibility index (Phi) is 3.63. The van der Waals surface area contributed by atoms with Crippen molar-refractivity contribution < 1.29 is 9.90 Å². The average molecular weight is 309 g/mol. The maximum absolute atomic E-state index is 11.2. The lowest BCUT2D eigenvalue weighted by molar-refractivity contribution is 0.0697. The van der Waals surface area contributed by atoms with Gasteiger partial charge in [0.15, 0.2) is 0 Å². The Morgan fingerprint density at radius 2 is 2.30 bits per heavy atom. The lowest BCUT2D eigenvalue weighted by Gasteiger charge is -2.24. The summed E-state index contributed by atoms with van der Waals surface area (Å²) in [5.41, 5.74) is 0.105. The fourth-order valence-electron chi connectivity index (χ4n) is 2.13. The SMILES string of the molecule is O=C(O)c1ccnc(N(Cc2cccs2)C2CC2)c1Cl. The Labute approximate surface area is 125 Å². The summed E-state index contributed by atoms with van der Waals surface area (Å²) >= 11 is 7.91. The summed E-state index contributed by atoms with van der Waals surface area (Å²) in [4.78, 5) is 18.8. The summed E-state index contributed by atoms with van der Waals surface area (Å²) in [6.45, 7) is 0.720. The van der Waals surface area contributed by atoms with Crippen molar-refractivity contribution in [2.24, 2.45) is 0 Å². The molecule has 4 nitrogen and oxygen atoms in total. The second kappa shape index (κ2) is 5.42. The number of hydrogen-bond donors (Lipinski definition) is 1. The molecule has 1 fully saturated rings. The van der Waals surface area contributed by atoms with Gasteiger partial charge in [0.25, 0.3) is 0 Å². The van der Waals surface area contributed by atoms with E-state index in [1.54, 1.807) is 11.3 Å². The van der Waals surface area contributed by atoms with Gasteiger partial charge in [0.2, 0.25) is 0 Å². The van der Waals surface area contributed by atoms with Crippen LogP contribution in [0.15, 0.2) is 29.8 Å². The normalized spacial score (nSPS) is 14.2. The predicted molar refractivity (Wildman–Crippen MR) is 79.7 cm³/mol. The second-order valence-corrected chi connectivity index (χ2v) is 6.15. The van der Waals surface area contributed by atoms with Gasteiger partial charge in [-0.05, 0) is 30.4 Å². The van der Waals surface area contributed by atoms with E-state index in [0.717, 1.165) is 19.4 Å². The molecule has 2 heterocycles. The fourth-order valence-corrected chi connectivity index (χ4v) is 3.14. The van der Waals surface area contributed by atoms with Crippen LogP contribution in [0.2, 0.25) is 5.02 Å². The number of carboxylic acid groups (broad SMARTS) is 1. The molecule has 0 aliphatic heterocycles. The number of carbonyl (C=O) groups is 1. The first-order chi connectivity index (χ1) is 9.66. The third-order valence-corrected chi connectivity index (χ3v) is 4.50.